The first-order valence-electron chi connectivity index (χ1n) is 8.35. The number of carbonyl (C=O) groups excluding carboxylic acids is 1. The molecule has 2 amide bonds. The highest BCUT2D eigenvalue weighted by Crippen LogP contribution is 2.35. The number of aryl methyl sites for hydroxylation is 2. The Kier molecular flexibility index (Phi) is 4.65. The summed E-state index contributed by atoms with van der Waals surface area (Å²) in [6.07, 6.45) is 4.09. The molecular weight excluding hydrogens is 284 g/mol. The lowest BCUT2D eigenvalue weighted by atomic mass is 9.99. The standard InChI is InChI=1S/C20H24N2O/c1-15-7-14-19(22(15)20(21)23)18-12-10-17(11-13-18)9-8-16-5-3-2-4-6-16/h2-6,10-13,15,19H,7-9,14H2,1H3,(H2,21,23)/t15?,19-/m1/s1. The third-order valence-electron chi connectivity index (χ3n) is 4.83. The van der Waals surface area contributed by atoms with Gasteiger partial charge in [-0.15, -0.1) is 0 Å². The summed E-state index contributed by atoms with van der Waals surface area (Å²) in [4.78, 5) is 13.5. The fraction of sp³-hybridized carbons (Fsp3) is 0.350. The summed E-state index contributed by atoms with van der Waals surface area (Å²) >= 11 is 0. The summed E-state index contributed by atoms with van der Waals surface area (Å²) in [7, 11) is 0. The van der Waals surface area contributed by atoms with Crippen molar-refractivity contribution >= 4 is 6.03 Å². The number of carbonyl (C=O) groups is 1. The van der Waals surface area contributed by atoms with Crippen LogP contribution in [0, 0.1) is 0 Å². The van der Waals surface area contributed by atoms with Gasteiger partial charge in [-0.05, 0) is 49.3 Å². The first-order valence-corrected chi connectivity index (χ1v) is 8.35. The van der Waals surface area contributed by atoms with Crippen LogP contribution in [0.2, 0.25) is 0 Å². The van der Waals surface area contributed by atoms with E-state index in [4.69, 9.17) is 5.73 Å². The molecule has 3 rings (SSSR count). The Bertz CT molecular complexity index is 651. The molecule has 0 radical (unpaired) electrons. The normalized spacial score (nSPS) is 20.7. The smallest absolute Gasteiger partial charge is 0.315 e. The molecule has 0 saturated carbocycles. The molecule has 0 aliphatic carbocycles. The molecule has 2 aromatic rings. The van der Waals surface area contributed by atoms with Crippen molar-refractivity contribution in [2.75, 3.05) is 0 Å². The molecule has 120 valence electrons. The van der Waals surface area contributed by atoms with Crippen LogP contribution in [0.15, 0.2) is 54.6 Å². The van der Waals surface area contributed by atoms with Gasteiger partial charge in [-0.25, -0.2) is 4.79 Å². The number of hydrogen-bond donors (Lipinski definition) is 1. The van der Waals surface area contributed by atoms with E-state index in [2.05, 4.69) is 55.5 Å². The zero-order valence-electron chi connectivity index (χ0n) is 13.6. The van der Waals surface area contributed by atoms with Gasteiger partial charge in [0.15, 0.2) is 0 Å². The number of urea groups is 1. The van der Waals surface area contributed by atoms with Crippen molar-refractivity contribution in [1.29, 1.82) is 0 Å². The van der Waals surface area contributed by atoms with E-state index in [1.165, 1.54) is 16.7 Å². The molecule has 1 fully saturated rings. The number of nitrogens with two attached hydrogens (primary N) is 1. The monoisotopic (exact) mass is 308 g/mol. The van der Waals surface area contributed by atoms with E-state index in [1.54, 1.807) is 0 Å². The summed E-state index contributed by atoms with van der Waals surface area (Å²) in [6, 6.07) is 19.3. The molecule has 1 heterocycles. The zero-order valence-corrected chi connectivity index (χ0v) is 13.6. The van der Waals surface area contributed by atoms with Gasteiger partial charge >= 0.3 is 6.03 Å². The number of likely N-dealkylation sites (tertiary alicyclic amines) is 1. The van der Waals surface area contributed by atoms with Gasteiger partial charge in [-0.1, -0.05) is 54.6 Å². The third-order valence-corrected chi connectivity index (χ3v) is 4.83. The van der Waals surface area contributed by atoms with Crippen LogP contribution < -0.4 is 5.73 Å². The second-order valence-electron chi connectivity index (χ2n) is 6.41. The predicted molar refractivity (Wildman–Crippen MR) is 93.2 cm³/mol. The molecule has 1 saturated heterocycles. The number of rotatable bonds is 4. The molecule has 2 aromatic carbocycles. The molecule has 0 aromatic heterocycles. The molecular formula is C20H24N2O. The van der Waals surface area contributed by atoms with Crippen LogP contribution >= 0.6 is 0 Å². The van der Waals surface area contributed by atoms with E-state index in [0.29, 0.717) is 0 Å². The average molecular weight is 308 g/mol. The fourth-order valence-electron chi connectivity index (χ4n) is 3.52. The lowest BCUT2D eigenvalue weighted by molar-refractivity contribution is 0.186. The van der Waals surface area contributed by atoms with Gasteiger partial charge in [-0.3, -0.25) is 0 Å². The first-order chi connectivity index (χ1) is 11.1. The Balaban J connectivity index is 1.66. The molecule has 1 aliphatic heterocycles. The van der Waals surface area contributed by atoms with Crippen molar-refractivity contribution in [2.24, 2.45) is 5.73 Å². The van der Waals surface area contributed by atoms with Crippen LogP contribution in [0.5, 0.6) is 0 Å². The minimum Gasteiger partial charge on any atom is -0.351 e. The van der Waals surface area contributed by atoms with Crippen molar-refractivity contribution in [3.63, 3.8) is 0 Å². The second kappa shape index (κ2) is 6.86. The van der Waals surface area contributed by atoms with Crippen molar-refractivity contribution in [3.8, 4) is 0 Å². The lowest BCUT2D eigenvalue weighted by Gasteiger charge is -2.27. The minimum absolute atomic E-state index is 0.130. The summed E-state index contributed by atoms with van der Waals surface area (Å²) in [5.41, 5.74) is 9.43. The maximum atomic E-state index is 11.7. The van der Waals surface area contributed by atoms with Gasteiger partial charge < -0.3 is 10.6 Å². The van der Waals surface area contributed by atoms with Crippen LogP contribution in [-0.2, 0) is 12.8 Å². The summed E-state index contributed by atoms with van der Waals surface area (Å²) in [5, 5.41) is 0. The van der Waals surface area contributed by atoms with E-state index >= 15 is 0 Å². The van der Waals surface area contributed by atoms with E-state index < -0.39 is 0 Å². The Hall–Kier alpha value is -2.29. The number of hydrogen-bond acceptors (Lipinski definition) is 1. The molecule has 2 N–H and O–H groups in total. The van der Waals surface area contributed by atoms with E-state index in [1.807, 2.05) is 11.0 Å². The van der Waals surface area contributed by atoms with E-state index in [9.17, 15) is 4.79 Å². The number of primary amides is 1. The molecule has 1 aliphatic rings. The van der Waals surface area contributed by atoms with Gasteiger partial charge in [0.25, 0.3) is 0 Å². The Morgan fingerprint density at radius 3 is 2.22 bits per heavy atom. The summed E-state index contributed by atoms with van der Waals surface area (Å²) in [5.74, 6) is 0. The van der Waals surface area contributed by atoms with Gasteiger partial charge in [0, 0.05) is 6.04 Å². The van der Waals surface area contributed by atoms with E-state index in [-0.39, 0.29) is 18.1 Å². The predicted octanol–water partition coefficient (Wildman–Crippen LogP) is 4.08. The summed E-state index contributed by atoms with van der Waals surface area (Å²) < 4.78 is 0. The Morgan fingerprint density at radius 1 is 1.00 bits per heavy atom. The van der Waals surface area contributed by atoms with Gasteiger partial charge in [0.1, 0.15) is 0 Å². The topological polar surface area (TPSA) is 46.3 Å². The second-order valence-corrected chi connectivity index (χ2v) is 6.41. The molecule has 0 bridgehead atoms. The molecule has 1 unspecified atom stereocenters. The lowest BCUT2D eigenvalue weighted by Crippen LogP contribution is -2.39. The minimum atomic E-state index is -0.312. The summed E-state index contributed by atoms with van der Waals surface area (Å²) in [6.45, 7) is 2.07. The number of amides is 2. The Labute approximate surface area is 138 Å². The SMILES string of the molecule is CC1CC[C@H](c2ccc(CCc3ccccc3)cc2)N1C(N)=O. The van der Waals surface area contributed by atoms with Crippen LogP contribution in [0.4, 0.5) is 4.79 Å². The molecule has 3 nitrogen and oxygen atoms in total. The number of benzene rings is 2. The molecule has 2 atom stereocenters. The van der Waals surface area contributed by atoms with Gasteiger partial charge in [0.2, 0.25) is 0 Å². The molecule has 3 heteroatoms. The zero-order chi connectivity index (χ0) is 16.2. The number of nitrogens with zero attached hydrogens (tertiary/aromatic N) is 1. The third kappa shape index (κ3) is 3.55. The van der Waals surface area contributed by atoms with Crippen LogP contribution in [-0.4, -0.2) is 17.0 Å². The van der Waals surface area contributed by atoms with Gasteiger partial charge in [-0.2, -0.15) is 0 Å². The van der Waals surface area contributed by atoms with Crippen LogP contribution in [0.3, 0.4) is 0 Å². The highest BCUT2D eigenvalue weighted by Gasteiger charge is 2.33. The van der Waals surface area contributed by atoms with Crippen molar-refractivity contribution in [1.82, 2.24) is 4.90 Å². The maximum absolute atomic E-state index is 11.7. The largest absolute Gasteiger partial charge is 0.351 e. The maximum Gasteiger partial charge on any atom is 0.315 e. The average Bonchev–Trinajstić information content (AvgIpc) is 2.96. The highest BCUT2D eigenvalue weighted by molar-refractivity contribution is 5.73. The quantitative estimate of drug-likeness (QED) is 0.909. The molecule has 23 heavy (non-hydrogen) atoms. The Morgan fingerprint density at radius 2 is 1.61 bits per heavy atom. The highest BCUT2D eigenvalue weighted by atomic mass is 16.2. The molecule has 0 spiro atoms. The van der Waals surface area contributed by atoms with Crippen molar-refractivity contribution < 1.29 is 4.79 Å². The van der Waals surface area contributed by atoms with Crippen molar-refractivity contribution in [3.05, 3.63) is 71.3 Å². The van der Waals surface area contributed by atoms with E-state index in [0.717, 1.165) is 25.7 Å². The van der Waals surface area contributed by atoms with Crippen molar-refractivity contribution in [2.45, 2.75) is 44.7 Å². The van der Waals surface area contributed by atoms with Gasteiger partial charge in [0.05, 0.1) is 6.04 Å². The first kappa shape index (κ1) is 15.6. The van der Waals surface area contributed by atoms with Crippen LogP contribution in [0.1, 0.15) is 42.5 Å². The fourth-order valence-corrected chi connectivity index (χ4v) is 3.52. The van der Waals surface area contributed by atoms with Crippen LogP contribution in [0.25, 0.3) is 0 Å².